The lowest BCUT2D eigenvalue weighted by atomic mass is 9.82. The van der Waals surface area contributed by atoms with Crippen molar-refractivity contribution in [2.75, 3.05) is 0 Å². The maximum Gasteiger partial charge on any atom is 0.238 e. The fraction of sp³-hybridized carbons (Fsp3) is 0.0619. The van der Waals surface area contributed by atoms with Gasteiger partial charge in [-0.05, 0) is 193 Å². The molecule has 0 saturated carbocycles. The summed E-state index contributed by atoms with van der Waals surface area (Å²) in [5.41, 5.74) is 29.7. The highest BCUT2D eigenvalue weighted by Gasteiger charge is 2.37. The maximum atomic E-state index is 5.44. The lowest BCUT2D eigenvalue weighted by molar-refractivity contribution is 0.660. The van der Waals surface area contributed by atoms with Gasteiger partial charge in [0, 0.05) is 82.1 Å². The molecule has 0 amide bonds. The van der Waals surface area contributed by atoms with Gasteiger partial charge in [-0.2, -0.15) is 9.97 Å². The van der Waals surface area contributed by atoms with Crippen molar-refractivity contribution in [3.8, 4) is 90.3 Å². The minimum absolute atomic E-state index is 0.0959. The van der Waals surface area contributed by atoms with Crippen LogP contribution >= 0.6 is 0 Å². The molecule has 2 aliphatic carbocycles. The maximum absolute atomic E-state index is 5.44. The Labute approximate surface area is 600 Å². The third-order valence-electron chi connectivity index (χ3n) is 23.2. The van der Waals surface area contributed by atoms with Gasteiger partial charge in [-0.3, -0.25) is 4.57 Å². The lowest BCUT2D eigenvalue weighted by Crippen LogP contribution is -2.15. The van der Waals surface area contributed by atoms with Crippen LogP contribution in [0.5, 0.6) is 0 Å². The summed E-state index contributed by atoms with van der Waals surface area (Å²) in [6.45, 7) is 9.43. The number of para-hydroxylation sites is 4. The number of benzene rings is 15. The number of hydrogen-bond acceptors (Lipinski definition) is 3. The molecule has 5 aromatic heterocycles. The van der Waals surface area contributed by atoms with Crippen molar-refractivity contribution >= 4 is 98.0 Å². The fourth-order valence-corrected chi connectivity index (χ4v) is 18.1. The van der Waals surface area contributed by atoms with Crippen molar-refractivity contribution in [2.24, 2.45) is 0 Å². The summed E-state index contributed by atoms with van der Waals surface area (Å²) in [5, 5.41) is 11.8. The van der Waals surface area contributed by atoms with Crippen LogP contribution in [0.15, 0.2) is 322 Å². The zero-order valence-corrected chi connectivity index (χ0v) is 57.7. The average Bonchev–Trinajstić information content (AvgIpc) is 1.58. The van der Waals surface area contributed by atoms with Gasteiger partial charge in [0.25, 0.3) is 0 Å². The second-order valence-corrected chi connectivity index (χ2v) is 29.5. The molecule has 104 heavy (non-hydrogen) atoms. The highest BCUT2D eigenvalue weighted by molar-refractivity contribution is 6.15. The normalized spacial score (nSPS) is 13.5. The van der Waals surface area contributed by atoms with Crippen LogP contribution in [-0.2, 0) is 10.8 Å². The molecule has 7 nitrogen and oxygen atoms in total. The van der Waals surface area contributed by atoms with E-state index in [0.29, 0.717) is 17.6 Å². The Morgan fingerprint density at radius 2 is 0.538 bits per heavy atom. The van der Waals surface area contributed by atoms with Gasteiger partial charge in [0.1, 0.15) is 0 Å². The van der Waals surface area contributed by atoms with Crippen LogP contribution in [0.3, 0.4) is 0 Å². The second-order valence-electron chi connectivity index (χ2n) is 29.5. The first-order chi connectivity index (χ1) is 51.1. The van der Waals surface area contributed by atoms with Gasteiger partial charge in [0.05, 0.1) is 44.1 Å². The van der Waals surface area contributed by atoms with E-state index in [0.717, 1.165) is 71.6 Å². The highest BCUT2D eigenvalue weighted by Crippen LogP contribution is 2.52. The Bertz CT molecular complexity index is 7110. The monoisotopic (exact) mass is 1330 g/mol. The predicted molar refractivity (Wildman–Crippen MR) is 432 cm³/mol. The van der Waals surface area contributed by atoms with E-state index < -0.39 is 0 Å². The summed E-state index contributed by atoms with van der Waals surface area (Å²) in [6.07, 6.45) is 0. The van der Waals surface area contributed by atoms with Crippen molar-refractivity contribution in [3.63, 3.8) is 0 Å². The van der Waals surface area contributed by atoms with Crippen LogP contribution in [0.25, 0.3) is 188 Å². The molecule has 0 radical (unpaired) electrons. The minimum Gasteiger partial charge on any atom is -0.309 e. The van der Waals surface area contributed by atoms with Gasteiger partial charge in [0.15, 0.2) is 11.6 Å². The summed E-state index contributed by atoms with van der Waals surface area (Å²) in [7, 11) is 0. The van der Waals surface area contributed by atoms with E-state index >= 15 is 0 Å². The van der Waals surface area contributed by atoms with Gasteiger partial charge in [-0.15, -0.1) is 0 Å². The van der Waals surface area contributed by atoms with E-state index in [2.05, 4.69) is 349 Å². The van der Waals surface area contributed by atoms with Crippen molar-refractivity contribution in [3.05, 3.63) is 344 Å². The molecule has 0 atom stereocenters. The van der Waals surface area contributed by atoms with E-state index in [1.165, 1.54) is 121 Å². The van der Waals surface area contributed by atoms with E-state index in [1.807, 2.05) is 18.2 Å². The van der Waals surface area contributed by atoms with Gasteiger partial charge >= 0.3 is 0 Å². The molecule has 488 valence electrons. The molecule has 5 heterocycles. The molecule has 0 spiro atoms. The molecule has 0 unspecified atom stereocenters. The van der Waals surface area contributed by atoms with Gasteiger partial charge in [-0.1, -0.05) is 234 Å². The Hall–Kier alpha value is -13.2. The Kier molecular flexibility index (Phi) is 12.2. The van der Waals surface area contributed by atoms with E-state index in [4.69, 9.17) is 15.0 Å². The lowest BCUT2D eigenvalue weighted by Gasteiger charge is -2.22. The summed E-state index contributed by atoms with van der Waals surface area (Å²) in [6, 6.07) is 119. The quantitative estimate of drug-likeness (QED) is 0.152. The number of rotatable bonds is 8. The summed E-state index contributed by atoms with van der Waals surface area (Å²) < 4.78 is 9.54. The molecule has 22 rings (SSSR count). The smallest absolute Gasteiger partial charge is 0.238 e. The van der Waals surface area contributed by atoms with Crippen molar-refractivity contribution in [2.45, 2.75) is 38.5 Å². The molecule has 2 aliphatic rings. The first-order valence-corrected chi connectivity index (χ1v) is 36.1. The molecule has 0 aliphatic heterocycles. The zero-order valence-electron chi connectivity index (χ0n) is 57.7. The molecule has 0 bridgehead atoms. The van der Waals surface area contributed by atoms with E-state index in [9.17, 15) is 0 Å². The summed E-state index contributed by atoms with van der Waals surface area (Å²) in [5.74, 6) is 1.76. The largest absolute Gasteiger partial charge is 0.309 e. The predicted octanol–water partition coefficient (Wildman–Crippen LogP) is 24.7. The average molecular weight is 1330 g/mol. The number of fused-ring (bicyclic) bond motifs is 19. The topological polar surface area (TPSA) is 58.4 Å². The van der Waals surface area contributed by atoms with Crippen molar-refractivity contribution in [1.29, 1.82) is 0 Å². The summed E-state index contributed by atoms with van der Waals surface area (Å²) >= 11 is 0. The number of nitrogens with zero attached hydrogens (tertiary/aromatic N) is 7. The van der Waals surface area contributed by atoms with Gasteiger partial charge < -0.3 is 13.7 Å². The molecule has 15 aromatic carbocycles. The summed E-state index contributed by atoms with van der Waals surface area (Å²) in [4.78, 5) is 16.1. The van der Waals surface area contributed by atoms with Crippen LogP contribution < -0.4 is 0 Å². The van der Waals surface area contributed by atoms with Crippen LogP contribution in [0.1, 0.15) is 49.9 Å². The van der Waals surface area contributed by atoms with E-state index in [-0.39, 0.29) is 10.8 Å². The number of aromatic nitrogens is 7. The molecule has 0 N–H and O–H groups in total. The Balaban J connectivity index is 0.609. The van der Waals surface area contributed by atoms with Crippen LogP contribution in [0, 0.1) is 0 Å². The minimum atomic E-state index is -0.106. The molecular weight excluding hydrogens is 1260 g/mol. The third kappa shape index (κ3) is 8.43. The van der Waals surface area contributed by atoms with E-state index in [1.54, 1.807) is 0 Å². The fourth-order valence-electron chi connectivity index (χ4n) is 18.1. The Morgan fingerprint density at radius 1 is 0.212 bits per heavy atom. The molecule has 7 heteroatoms. The van der Waals surface area contributed by atoms with Crippen LogP contribution in [0.4, 0.5) is 0 Å². The van der Waals surface area contributed by atoms with Gasteiger partial charge in [-0.25, -0.2) is 4.98 Å². The number of hydrogen-bond donors (Lipinski definition) is 0. The second kappa shape index (κ2) is 21.6. The first-order valence-electron chi connectivity index (χ1n) is 36.1. The molecule has 20 aromatic rings. The first kappa shape index (κ1) is 58.6. The van der Waals surface area contributed by atoms with Crippen LogP contribution in [-0.4, -0.2) is 33.2 Å². The highest BCUT2D eigenvalue weighted by atomic mass is 15.2. The SMILES string of the molecule is CC1(C)c2ccccc2-c2ccc(-n3c4ccccc4c4cc(-c5ccc6c(c5)c5ccccc5n6-c5ccc6cc(-c7nc(-c8ccccc8)nc(-n8c9ccccc9c9cc(-c%10ccc%11c(c%10)c%10ccccc%10n%11-c%10ccc%11c(c%10)C(C)(C)c%10ccccc%10-%11)ccc98)n7)ccc6c5)ccc43)cc21. The molecule has 0 fully saturated rings. The van der Waals surface area contributed by atoms with Crippen molar-refractivity contribution in [1.82, 2.24) is 33.2 Å². The zero-order chi connectivity index (χ0) is 68.8. The standard InChI is InChI=1S/C97H65N7/c1-96(2)81-28-14-8-22-69(81)71-44-42-67(56-83(71)96)102-86-31-17-11-25-74(86)78-53-62(38-47-90(78)102)61-37-46-89-77(52-61)73-24-10-16-30-85(73)101(89)66-41-36-59-50-65(35-34-60(59)51-66)94-98-93(58-20-6-5-7-21-58)99-95(100-94)104-88-33-19-13-27-76(88)80-55-64(40-49-92(80)104)63-39-48-91-79(54-63)75-26-12-18-32-87(75)103(91)68-43-45-72-70-23-9-15-29-82(70)97(3,4)84(72)57-68/h5-57H,1-4H3. The third-order valence-corrected chi connectivity index (χ3v) is 23.2. The van der Waals surface area contributed by atoms with Gasteiger partial charge in [0.2, 0.25) is 5.95 Å². The Morgan fingerprint density at radius 3 is 1.00 bits per heavy atom. The molecule has 0 saturated heterocycles. The molecular formula is C97H65N7. The van der Waals surface area contributed by atoms with Crippen LogP contribution in [0.2, 0.25) is 0 Å². The van der Waals surface area contributed by atoms with Crippen molar-refractivity contribution < 1.29 is 0 Å².